The molecular weight excluding hydrogens is 264 g/mol. The Labute approximate surface area is 135 Å². The number of rotatable bonds is 6. The molecule has 116 valence electrons. The molecule has 0 saturated carbocycles. The lowest BCUT2D eigenvalue weighted by Gasteiger charge is -2.24. The van der Waals surface area contributed by atoms with E-state index in [0.29, 0.717) is 11.8 Å². The fraction of sp³-hybridized carbons (Fsp3) is 0.455. The van der Waals surface area contributed by atoms with Crippen molar-refractivity contribution >= 4 is 0 Å². The van der Waals surface area contributed by atoms with Crippen LogP contribution in [0.5, 0.6) is 0 Å². The maximum absolute atomic E-state index is 2.45. The van der Waals surface area contributed by atoms with Crippen molar-refractivity contribution in [3.8, 4) is 0 Å². The van der Waals surface area contributed by atoms with Crippen LogP contribution in [-0.2, 0) is 19.3 Å². The first-order valence-corrected chi connectivity index (χ1v) is 8.91. The molecule has 0 aliphatic heterocycles. The van der Waals surface area contributed by atoms with Crippen LogP contribution in [0.15, 0.2) is 42.5 Å². The molecule has 0 heterocycles. The minimum atomic E-state index is 0.640. The first kappa shape index (κ1) is 15.3. The molecule has 0 spiro atoms. The van der Waals surface area contributed by atoms with Gasteiger partial charge in [0.05, 0.1) is 0 Å². The standard InChI is InChI=1S/C22H28/c1-4-17-6-8-19(9-7-17)18(5-2)14-16(3)21-12-10-20-11-13-22(20)15-21/h6-10,12,15-16,18H,4-5,11,13-14H2,1-3H3. The monoisotopic (exact) mass is 292 g/mol. The van der Waals surface area contributed by atoms with Gasteiger partial charge in [-0.1, -0.05) is 63.2 Å². The van der Waals surface area contributed by atoms with Gasteiger partial charge < -0.3 is 0 Å². The average molecular weight is 292 g/mol. The van der Waals surface area contributed by atoms with Gasteiger partial charge in [-0.25, -0.2) is 0 Å². The van der Waals surface area contributed by atoms with E-state index in [1.54, 1.807) is 11.1 Å². The largest absolute Gasteiger partial charge is 0.0648 e. The summed E-state index contributed by atoms with van der Waals surface area (Å²) < 4.78 is 0. The summed E-state index contributed by atoms with van der Waals surface area (Å²) in [6.07, 6.45) is 6.17. The summed E-state index contributed by atoms with van der Waals surface area (Å²) in [6.45, 7) is 6.94. The zero-order valence-electron chi connectivity index (χ0n) is 14.2. The molecule has 2 aromatic carbocycles. The molecule has 0 saturated heterocycles. The normalized spacial score (nSPS) is 15.8. The molecule has 3 rings (SSSR count). The summed E-state index contributed by atoms with van der Waals surface area (Å²) in [5.41, 5.74) is 7.63. The van der Waals surface area contributed by atoms with Gasteiger partial charge in [0.15, 0.2) is 0 Å². The van der Waals surface area contributed by atoms with Crippen LogP contribution in [0, 0.1) is 0 Å². The lowest BCUT2D eigenvalue weighted by molar-refractivity contribution is 0.543. The highest BCUT2D eigenvalue weighted by Crippen LogP contribution is 2.34. The van der Waals surface area contributed by atoms with Crippen molar-refractivity contribution in [1.29, 1.82) is 0 Å². The fourth-order valence-electron chi connectivity index (χ4n) is 3.65. The molecule has 1 aliphatic rings. The second-order valence-corrected chi connectivity index (χ2v) is 6.87. The second-order valence-electron chi connectivity index (χ2n) is 6.87. The van der Waals surface area contributed by atoms with Crippen LogP contribution >= 0.6 is 0 Å². The van der Waals surface area contributed by atoms with E-state index in [0.717, 1.165) is 6.42 Å². The minimum Gasteiger partial charge on any atom is -0.0648 e. The third-order valence-corrected chi connectivity index (χ3v) is 5.45. The fourth-order valence-corrected chi connectivity index (χ4v) is 3.65. The molecule has 0 aromatic heterocycles. The number of fused-ring (bicyclic) bond motifs is 1. The van der Waals surface area contributed by atoms with Crippen LogP contribution < -0.4 is 0 Å². The van der Waals surface area contributed by atoms with E-state index in [4.69, 9.17) is 0 Å². The molecule has 0 nitrogen and oxygen atoms in total. The Morgan fingerprint density at radius 3 is 2.09 bits per heavy atom. The molecule has 0 amide bonds. The molecule has 22 heavy (non-hydrogen) atoms. The minimum absolute atomic E-state index is 0.640. The first-order valence-electron chi connectivity index (χ1n) is 8.91. The summed E-state index contributed by atoms with van der Waals surface area (Å²) in [5, 5.41) is 0. The first-order chi connectivity index (χ1) is 10.7. The summed E-state index contributed by atoms with van der Waals surface area (Å²) >= 11 is 0. The average Bonchev–Trinajstić information content (AvgIpc) is 2.53. The zero-order valence-corrected chi connectivity index (χ0v) is 14.2. The second kappa shape index (κ2) is 6.69. The topological polar surface area (TPSA) is 0 Å². The van der Waals surface area contributed by atoms with Gasteiger partial charge in [-0.15, -0.1) is 0 Å². The van der Waals surface area contributed by atoms with Gasteiger partial charge in [-0.2, -0.15) is 0 Å². The van der Waals surface area contributed by atoms with Crippen molar-refractivity contribution in [3.05, 3.63) is 70.3 Å². The Morgan fingerprint density at radius 1 is 0.864 bits per heavy atom. The molecule has 0 N–H and O–H groups in total. The summed E-state index contributed by atoms with van der Waals surface area (Å²) in [4.78, 5) is 0. The smallest absolute Gasteiger partial charge is 0.0159 e. The van der Waals surface area contributed by atoms with E-state index in [1.165, 1.54) is 42.4 Å². The zero-order chi connectivity index (χ0) is 15.5. The van der Waals surface area contributed by atoms with Gasteiger partial charge in [0.1, 0.15) is 0 Å². The van der Waals surface area contributed by atoms with E-state index in [9.17, 15) is 0 Å². The molecule has 0 fully saturated rings. The molecule has 2 aromatic rings. The van der Waals surface area contributed by atoms with Crippen LogP contribution in [0.1, 0.15) is 73.3 Å². The summed E-state index contributed by atoms with van der Waals surface area (Å²) in [5.74, 6) is 1.31. The lowest BCUT2D eigenvalue weighted by Crippen LogP contribution is -2.10. The molecule has 0 heteroatoms. The van der Waals surface area contributed by atoms with Crippen LogP contribution in [-0.4, -0.2) is 0 Å². The quantitative estimate of drug-likeness (QED) is 0.609. The molecule has 0 radical (unpaired) electrons. The van der Waals surface area contributed by atoms with Crippen molar-refractivity contribution in [1.82, 2.24) is 0 Å². The van der Waals surface area contributed by atoms with E-state index >= 15 is 0 Å². The maximum Gasteiger partial charge on any atom is -0.0159 e. The summed E-state index contributed by atoms with van der Waals surface area (Å²) in [7, 11) is 0. The molecule has 2 unspecified atom stereocenters. The highest BCUT2D eigenvalue weighted by molar-refractivity contribution is 5.40. The number of hydrogen-bond donors (Lipinski definition) is 0. The lowest BCUT2D eigenvalue weighted by atomic mass is 9.81. The van der Waals surface area contributed by atoms with E-state index in [-0.39, 0.29) is 0 Å². The van der Waals surface area contributed by atoms with Gasteiger partial charge >= 0.3 is 0 Å². The highest BCUT2D eigenvalue weighted by Gasteiger charge is 2.18. The molecule has 1 aliphatic carbocycles. The van der Waals surface area contributed by atoms with Gasteiger partial charge in [0.25, 0.3) is 0 Å². The molecule has 0 bridgehead atoms. The van der Waals surface area contributed by atoms with E-state index in [2.05, 4.69) is 63.2 Å². The van der Waals surface area contributed by atoms with Gasteiger partial charge in [-0.05, 0) is 71.8 Å². The van der Waals surface area contributed by atoms with Crippen molar-refractivity contribution in [2.24, 2.45) is 0 Å². The van der Waals surface area contributed by atoms with Crippen LogP contribution in [0.3, 0.4) is 0 Å². The number of benzene rings is 2. The SMILES string of the molecule is CCc1ccc(C(CC)CC(C)c2ccc3c(c2)CC3)cc1. The third kappa shape index (κ3) is 3.11. The van der Waals surface area contributed by atoms with E-state index in [1.807, 2.05) is 0 Å². The highest BCUT2D eigenvalue weighted by atomic mass is 14.2. The van der Waals surface area contributed by atoms with Gasteiger partial charge in [0, 0.05) is 0 Å². The Hall–Kier alpha value is -1.56. The number of hydrogen-bond acceptors (Lipinski definition) is 0. The molecular formula is C22H28. The van der Waals surface area contributed by atoms with Crippen molar-refractivity contribution in [3.63, 3.8) is 0 Å². The van der Waals surface area contributed by atoms with E-state index < -0.39 is 0 Å². The van der Waals surface area contributed by atoms with Gasteiger partial charge in [-0.3, -0.25) is 0 Å². The Bertz CT molecular complexity index is 621. The predicted molar refractivity (Wildman–Crippen MR) is 95.7 cm³/mol. The van der Waals surface area contributed by atoms with Crippen LogP contribution in [0.2, 0.25) is 0 Å². The van der Waals surface area contributed by atoms with Crippen LogP contribution in [0.25, 0.3) is 0 Å². The Morgan fingerprint density at radius 2 is 1.55 bits per heavy atom. The predicted octanol–water partition coefficient (Wildman–Crippen LogP) is 6.04. The van der Waals surface area contributed by atoms with Crippen molar-refractivity contribution < 1.29 is 0 Å². The summed E-state index contributed by atoms with van der Waals surface area (Å²) in [6, 6.07) is 16.4. The van der Waals surface area contributed by atoms with Crippen molar-refractivity contribution in [2.45, 2.75) is 64.7 Å². The van der Waals surface area contributed by atoms with Crippen LogP contribution in [0.4, 0.5) is 0 Å². The third-order valence-electron chi connectivity index (χ3n) is 5.45. The van der Waals surface area contributed by atoms with Crippen molar-refractivity contribution in [2.75, 3.05) is 0 Å². The Kier molecular flexibility index (Phi) is 4.66. The molecule has 2 atom stereocenters. The van der Waals surface area contributed by atoms with Gasteiger partial charge in [0.2, 0.25) is 0 Å². The number of aryl methyl sites for hydroxylation is 3. The maximum atomic E-state index is 2.45. The Balaban J connectivity index is 1.71.